The van der Waals surface area contributed by atoms with Crippen LogP contribution in [0.1, 0.15) is 73.4 Å². The minimum absolute atomic E-state index is 0.0378. The van der Waals surface area contributed by atoms with Gasteiger partial charge in [-0.1, -0.05) is 65.8 Å². The summed E-state index contributed by atoms with van der Waals surface area (Å²) in [6, 6.07) is 17.9. The van der Waals surface area contributed by atoms with Gasteiger partial charge in [0, 0.05) is 28.0 Å². The maximum absolute atomic E-state index is 15.9. The van der Waals surface area contributed by atoms with Crippen molar-refractivity contribution in [1.82, 2.24) is 0 Å². The summed E-state index contributed by atoms with van der Waals surface area (Å²) < 4.78 is 152. The molecule has 296 valence electrons. The van der Waals surface area contributed by atoms with Gasteiger partial charge in [-0.2, -0.15) is 0 Å². The third-order valence-electron chi connectivity index (χ3n) is 9.49. The fraction of sp³-hybridized carbons (Fsp3) is 0.286. The van der Waals surface area contributed by atoms with E-state index in [1.807, 2.05) is 65.8 Å². The summed E-state index contributed by atoms with van der Waals surface area (Å²) in [4.78, 5) is 1.60. The van der Waals surface area contributed by atoms with E-state index in [9.17, 15) is 31.5 Å². The van der Waals surface area contributed by atoms with Crippen LogP contribution in [0.5, 0.6) is 0 Å². The molecule has 0 saturated carbocycles. The van der Waals surface area contributed by atoms with Gasteiger partial charge in [0.05, 0.1) is 11.2 Å². The lowest BCUT2D eigenvalue weighted by molar-refractivity contribution is 0.181. The smallest absolute Gasteiger partial charge is 0.260 e. The van der Waals surface area contributed by atoms with Crippen LogP contribution >= 0.6 is 0 Å². The second kappa shape index (κ2) is 14.8. The van der Waals surface area contributed by atoms with Gasteiger partial charge in [0.1, 0.15) is 0 Å². The van der Waals surface area contributed by atoms with Crippen LogP contribution in [0.3, 0.4) is 0 Å². The van der Waals surface area contributed by atoms with Crippen LogP contribution < -0.4 is 26.4 Å². The summed E-state index contributed by atoms with van der Waals surface area (Å²) in [7, 11) is 0. The first kappa shape index (κ1) is 42.2. The van der Waals surface area contributed by atoms with Crippen LogP contribution in [-0.2, 0) is 10.8 Å². The number of anilines is 4. The van der Waals surface area contributed by atoms with E-state index in [-0.39, 0.29) is 16.5 Å². The Morgan fingerprint density at radius 2 is 0.732 bits per heavy atom. The minimum atomic E-state index is -2.94. The minimum Gasteiger partial charge on any atom is -0.311 e. The Bertz CT molecular complexity index is 2110. The molecule has 0 unspecified atom stereocenters. The molecular weight excluding hydrogens is 749 g/mol. The number of hydrogen-bond donors (Lipinski definition) is 1. The van der Waals surface area contributed by atoms with Crippen LogP contribution in [0.4, 0.5) is 66.7 Å². The molecule has 0 spiro atoms. The summed E-state index contributed by atoms with van der Waals surface area (Å²) in [5.41, 5.74) is -4.24. The lowest BCUT2D eigenvalue weighted by atomic mass is 9.35. The summed E-state index contributed by atoms with van der Waals surface area (Å²) in [6.07, 6.45) is 0. The van der Waals surface area contributed by atoms with Gasteiger partial charge >= 0.3 is 0 Å². The van der Waals surface area contributed by atoms with E-state index in [0.29, 0.717) is 16.4 Å². The summed E-state index contributed by atoms with van der Waals surface area (Å²) in [6.45, 7) is 13.3. The molecule has 0 fully saturated rings. The van der Waals surface area contributed by atoms with E-state index in [2.05, 4.69) is 0 Å². The molecule has 0 radical (unpaired) electrons. The Kier molecular flexibility index (Phi) is 11.2. The summed E-state index contributed by atoms with van der Waals surface area (Å²) in [5.74, 6) is -25.8. The van der Waals surface area contributed by atoms with Crippen molar-refractivity contribution in [2.75, 3.05) is 9.96 Å². The molecule has 3 nitrogen and oxygen atoms in total. The number of nitrogens with zero attached hydrogens (tertiary/aromatic N) is 2. The van der Waals surface area contributed by atoms with Crippen molar-refractivity contribution in [2.24, 2.45) is 0 Å². The highest BCUT2D eigenvalue weighted by Crippen LogP contribution is 2.38. The molecule has 5 aromatic carbocycles. The Labute approximate surface area is 319 Å². The predicted octanol–water partition coefficient (Wildman–Crippen LogP) is 10.7. The molecule has 0 aliphatic heterocycles. The maximum Gasteiger partial charge on any atom is 0.260 e. The topological polar surface area (TPSA) is 26.7 Å². The van der Waals surface area contributed by atoms with Crippen LogP contribution in [-0.4, -0.2) is 17.5 Å². The zero-order valence-electron chi connectivity index (χ0n) is 32.0. The lowest BCUT2D eigenvalue weighted by Gasteiger charge is -2.35. The molecular formula is C42H39BF10N2O. The summed E-state index contributed by atoms with van der Waals surface area (Å²) >= 11 is 0. The molecule has 0 amide bonds. The van der Waals surface area contributed by atoms with E-state index in [4.69, 9.17) is 0 Å². The van der Waals surface area contributed by atoms with E-state index in [1.54, 1.807) is 29.2 Å². The van der Waals surface area contributed by atoms with Crippen molar-refractivity contribution < 1.29 is 49.1 Å². The van der Waals surface area contributed by atoms with Gasteiger partial charge in [-0.3, -0.25) is 10.3 Å². The average Bonchev–Trinajstić information content (AvgIpc) is 3.13. The van der Waals surface area contributed by atoms with Crippen molar-refractivity contribution >= 4 is 45.9 Å². The van der Waals surface area contributed by atoms with Gasteiger partial charge in [0.2, 0.25) is 0 Å². The molecule has 0 aromatic heterocycles. The van der Waals surface area contributed by atoms with Crippen LogP contribution in [0.15, 0.2) is 66.7 Å². The molecule has 1 N–H and O–H groups in total. The van der Waals surface area contributed by atoms with Crippen molar-refractivity contribution in [1.29, 1.82) is 0 Å². The second-order valence-corrected chi connectivity index (χ2v) is 16.6. The number of hydrogen-bond acceptors (Lipinski definition) is 3. The van der Waals surface area contributed by atoms with Gasteiger partial charge < -0.3 is 4.90 Å². The third-order valence-corrected chi connectivity index (χ3v) is 9.49. The number of rotatable bonds is 7. The molecule has 5 aromatic rings. The van der Waals surface area contributed by atoms with Crippen molar-refractivity contribution in [3.63, 3.8) is 0 Å². The van der Waals surface area contributed by atoms with E-state index >= 15 is 17.6 Å². The number of benzene rings is 5. The van der Waals surface area contributed by atoms with Crippen LogP contribution in [0, 0.1) is 58.2 Å². The molecule has 0 aliphatic carbocycles. The highest BCUT2D eigenvalue weighted by molar-refractivity contribution is 6.96. The third kappa shape index (κ3) is 7.59. The molecule has 5 rings (SSSR count). The van der Waals surface area contributed by atoms with Gasteiger partial charge in [-0.25, -0.2) is 43.9 Å². The SMILES string of the molecule is CC(C)(C)c1ccc(N(c2ccc(C(C)(C)C)cc2)c2ccc(N(O)C(C)(C)C)c(B(c3c(F)c(F)c(F)c(F)c3F)c3c(F)c(F)c(F)c(F)c3F)c2)cc1. The number of halogens is 10. The highest BCUT2D eigenvalue weighted by atomic mass is 19.2. The second-order valence-electron chi connectivity index (χ2n) is 16.6. The van der Waals surface area contributed by atoms with E-state index < -0.39 is 92.5 Å². The fourth-order valence-electron chi connectivity index (χ4n) is 6.34. The van der Waals surface area contributed by atoms with Gasteiger partial charge in [0.15, 0.2) is 58.2 Å². The molecule has 0 atom stereocenters. The van der Waals surface area contributed by atoms with Gasteiger partial charge in [-0.05, 0) is 90.7 Å². The Balaban J connectivity index is 1.97. The van der Waals surface area contributed by atoms with Gasteiger partial charge in [0.25, 0.3) is 6.71 Å². The first-order valence-corrected chi connectivity index (χ1v) is 17.5. The molecule has 0 aliphatic rings. The predicted molar refractivity (Wildman–Crippen MR) is 200 cm³/mol. The van der Waals surface area contributed by atoms with Gasteiger partial charge in [-0.15, -0.1) is 0 Å². The monoisotopic (exact) mass is 788 g/mol. The standard InChI is InChI=1S/C42H39BF10N2O/c1-40(2,3)21-10-14-23(15-11-21)54(24-16-12-22(13-17-24)41(4,5)6)25-18-19-27(55(56)42(7,8)9)26(20-25)43(28-30(44)34(48)38(52)35(49)31(28)45)29-32(46)36(50)39(53)37(51)33(29)47/h10-20,56H,1-9H3. The number of hydroxylamine groups is 1. The Hall–Kier alpha value is -4.98. The molecule has 56 heavy (non-hydrogen) atoms. The zero-order chi connectivity index (χ0) is 42.0. The normalized spacial score (nSPS) is 12.3. The summed E-state index contributed by atoms with van der Waals surface area (Å²) in [5, 5.41) is 12.0. The molecule has 14 heteroatoms. The largest absolute Gasteiger partial charge is 0.311 e. The average molecular weight is 789 g/mol. The molecule has 0 saturated heterocycles. The quantitative estimate of drug-likeness (QED) is 0.0585. The van der Waals surface area contributed by atoms with E-state index in [1.165, 1.54) is 26.8 Å². The van der Waals surface area contributed by atoms with E-state index in [0.717, 1.165) is 23.3 Å². The van der Waals surface area contributed by atoms with Crippen molar-refractivity contribution in [2.45, 2.75) is 78.7 Å². The Morgan fingerprint density at radius 1 is 0.429 bits per heavy atom. The maximum atomic E-state index is 15.9. The van der Waals surface area contributed by atoms with Crippen LogP contribution in [0.2, 0.25) is 0 Å². The van der Waals surface area contributed by atoms with Crippen molar-refractivity contribution in [3.8, 4) is 0 Å². The first-order chi connectivity index (χ1) is 25.8. The lowest BCUT2D eigenvalue weighted by Crippen LogP contribution is -2.60. The first-order valence-electron chi connectivity index (χ1n) is 17.5. The Morgan fingerprint density at radius 3 is 1.04 bits per heavy atom. The van der Waals surface area contributed by atoms with Crippen molar-refractivity contribution in [3.05, 3.63) is 136 Å². The molecule has 0 bridgehead atoms. The highest BCUT2D eigenvalue weighted by Gasteiger charge is 2.43. The fourth-order valence-corrected chi connectivity index (χ4v) is 6.34. The zero-order valence-corrected chi connectivity index (χ0v) is 32.0. The van der Waals surface area contributed by atoms with Crippen LogP contribution in [0.25, 0.3) is 0 Å². The molecule has 0 heterocycles.